The zero-order valence-electron chi connectivity index (χ0n) is 15.6. The Morgan fingerprint density at radius 1 is 0.875 bits per heavy atom. The molecule has 0 fully saturated rings. The molecule has 1 N–H and O–H groups in total. The third kappa shape index (κ3) is 15.6. The van der Waals surface area contributed by atoms with Crippen molar-refractivity contribution in [1.82, 2.24) is 0 Å². The van der Waals surface area contributed by atoms with E-state index in [2.05, 4.69) is 6.92 Å². The van der Waals surface area contributed by atoms with Crippen LogP contribution in [0.2, 0.25) is 0 Å². The molecule has 140 valence electrons. The molecule has 0 aliphatic rings. The molecule has 0 radical (unpaired) electrons. The minimum atomic E-state index is -1.15. The molecular formula is C20H36O4. The van der Waals surface area contributed by atoms with Gasteiger partial charge in [0.05, 0.1) is 0 Å². The summed E-state index contributed by atoms with van der Waals surface area (Å²) in [6.45, 7) is 3.47. The average molecular weight is 341 g/mol. The lowest BCUT2D eigenvalue weighted by molar-refractivity contribution is -0.159. The molecule has 0 saturated carbocycles. The minimum Gasteiger partial charge on any atom is -0.478 e. The fourth-order valence-corrected chi connectivity index (χ4v) is 2.67. The van der Waals surface area contributed by atoms with Crippen molar-refractivity contribution in [2.45, 2.75) is 103 Å². The lowest BCUT2D eigenvalue weighted by atomic mass is 10.0. The first-order valence-electron chi connectivity index (χ1n) is 9.64. The molecule has 0 rings (SSSR count). The molecule has 0 unspecified atom stereocenters. The fourth-order valence-electron chi connectivity index (χ4n) is 2.67. The van der Waals surface area contributed by atoms with E-state index >= 15 is 0 Å². The quantitative estimate of drug-likeness (QED) is 0.224. The molecule has 0 bridgehead atoms. The number of carboxylic acids is 1. The second-order valence-corrected chi connectivity index (χ2v) is 6.47. The topological polar surface area (TPSA) is 63.6 Å². The Balaban J connectivity index is 3.42. The Morgan fingerprint density at radius 3 is 1.75 bits per heavy atom. The van der Waals surface area contributed by atoms with E-state index in [9.17, 15) is 9.59 Å². The maximum atomic E-state index is 10.9. The predicted octanol–water partition coefficient (Wildman–Crippen LogP) is 5.65. The summed E-state index contributed by atoms with van der Waals surface area (Å²) in [6, 6.07) is 0. The Kier molecular flexibility index (Phi) is 15.6. The van der Waals surface area contributed by atoms with Gasteiger partial charge in [0.1, 0.15) is 0 Å². The molecular weight excluding hydrogens is 304 g/mol. The number of rotatable bonds is 16. The van der Waals surface area contributed by atoms with Crippen LogP contribution in [-0.4, -0.2) is 23.1 Å². The van der Waals surface area contributed by atoms with E-state index in [1.165, 1.54) is 83.6 Å². The maximum Gasteiger partial charge on any atom is 0.349 e. The molecule has 24 heavy (non-hydrogen) atoms. The summed E-state index contributed by atoms with van der Waals surface area (Å²) in [6.07, 6.45) is 18.6. The second-order valence-electron chi connectivity index (χ2n) is 6.47. The van der Waals surface area contributed by atoms with Crippen LogP contribution in [0.5, 0.6) is 0 Å². The second kappa shape index (κ2) is 16.5. The van der Waals surface area contributed by atoms with Gasteiger partial charge in [-0.1, -0.05) is 83.6 Å². The van der Waals surface area contributed by atoms with Gasteiger partial charge in [-0.15, -0.1) is 0 Å². The summed E-state index contributed by atoms with van der Waals surface area (Å²) in [4.78, 5) is 21.7. The van der Waals surface area contributed by atoms with E-state index < -0.39 is 18.0 Å². The first-order valence-corrected chi connectivity index (χ1v) is 9.64. The number of ether oxygens (including phenoxy) is 1. The number of hydrogen-bond donors (Lipinski definition) is 1. The molecule has 0 aromatic rings. The van der Waals surface area contributed by atoms with Gasteiger partial charge < -0.3 is 9.84 Å². The molecule has 4 heteroatoms. The molecule has 0 saturated heterocycles. The van der Waals surface area contributed by atoms with Crippen LogP contribution in [0.4, 0.5) is 0 Å². The van der Waals surface area contributed by atoms with Gasteiger partial charge in [0, 0.05) is 6.92 Å². The van der Waals surface area contributed by atoms with Crippen LogP contribution in [0.15, 0.2) is 12.2 Å². The zero-order chi connectivity index (χ0) is 18.0. The largest absolute Gasteiger partial charge is 0.478 e. The number of carbonyl (C=O) groups is 2. The number of aliphatic carboxylic acids is 1. The third-order valence-electron chi connectivity index (χ3n) is 4.07. The van der Waals surface area contributed by atoms with Crippen LogP contribution in [0.3, 0.4) is 0 Å². The SMILES string of the molecule is CCCCCCCCCCCCCC/C=C/[C@H](OC(C)=O)C(=O)O. The van der Waals surface area contributed by atoms with Crippen LogP contribution in [-0.2, 0) is 14.3 Å². The smallest absolute Gasteiger partial charge is 0.349 e. The summed E-state index contributed by atoms with van der Waals surface area (Å²) >= 11 is 0. The number of unbranched alkanes of at least 4 members (excludes halogenated alkanes) is 12. The van der Waals surface area contributed by atoms with Gasteiger partial charge in [0.25, 0.3) is 0 Å². The first kappa shape index (κ1) is 22.7. The van der Waals surface area contributed by atoms with Crippen molar-refractivity contribution >= 4 is 11.9 Å². The molecule has 0 spiro atoms. The van der Waals surface area contributed by atoms with Gasteiger partial charge in [0.15, 0.2) is 0 Å². The van der Waals surface area contributed by atoms with E-state index in [0.717, 1.165) is 12.8 Å². The summed E-state index contributed by atoms with van der Waals surface area (Å²) in [7, 11) is 0. The van der Waals surface area contributed by atoms with Crippen LogP contribution >= 0.6 is 0 Å². The molecule has 0 aliphatic carbocycles. The lowest BCUT2D eigenvalue weighted by Crippen LogP contribution is -2.23. The predicted molar refractivity (Wildman–Crippen MR) is 98.0 cm³/mol. The molecule has 0 heterocycles. The van der Waals surface area contributed by atoms with Crippen molar-refractivity contribution in [3.05, 3.63) is 12.2 Å². The van der Waals surface area contributed by atoms with Crippen LogP contribution < -0.4 is 0 Å². The highest BCUT2D eigenvalue weighted by Crippen LogP contribution is 2.12. The number of carbonyl (C=O) groups excluding carboxylic acids is 1. The van der Waals surface area contributed by atoms with Crippen molar-refractivity contribution in [1.29, 1.82) is 0 Å². The number of esters is 1. The summed E-state index contributed by atoms with van der Waals surface area (Å²) in [5.41, 5.74) is 0. The van der Waals surface area contributed by atoms with Gasteiger partial charge in [-0.2, -0.15) is 0 Å². The van der Waals surface area contributed by atoms with Gasteiger partial charge in [-0.05, 0) is 18.9 Å². The lowest BCUT2D eigenvalue weighted by Gasteiger charge is -2.07. The Morgan fingerprint density at radius 2 is 1.33 bits per heavy atom. The Labute approximate surface area is 147 Å². The summed E-state index contributed by atoms with van der Waals surface area (Å²) < 4.78 is 4.70. The van der Waals surface area contributed by atoms with Crippen molar-refractivity contribution < 1.29 is 19.4 Å². The maximum absolute atomic E-state index is 10.9. The molecule has 0 aliphatic heterocycles. The molecule has 0 aromatic carbocycles. The molecule has 0 aromatic heterocycles. The Bertz CT molecular complexity index is 350. The minimum absolute atomic E-state index is 0.572. The highest BCUT2D eigenvalue weighted by atomic mass is 16.6. The molecule has 0 amide bonds. The highest BCUT2D eigenvalue weighted by molar-refractivity contribution is 5.78. The normalized spacial score (nSPS) is 12.4. The van der Waals surface area contributed by atoms with Crippen LogP contribution in [0, 0.1) is 0 Å². The van der Waals surface area contributed by atoms with E-state index in [0.29, 0.717) is 0 Å². The standard InChI is InChI=1S/C20H36O4/c1-3-4-5-6-7-8-9-10-11-12-13-14-15-16-17-19(20(22)23)24-18(2)21/h16-17,19H,3-15H2,1-2H3,(H,22,23)/b17-16+/t19-/m0/s1. The van der Waals surface area contributed by atoms with Gasteiger partial charge in [-0.25, -0.2) is 4.79 Å². The van der Waals surface area contributed by atoms with Crippen molar-refractivity contribution in [3.8, 4) is 0 Å². The van der Waals surface area contributed by atoms with E-state index in [-0.39, 0.29) is 0 Å². The van der Waals surface area contributed by atoms with E-state index in [4.69, 9.17) is 9.84 Å². The number of allylic oxidation sites excluding steroid dienone is 1. The van der Waals surface area contributed by atoms with Crippen molar-refractivity contribution in [2.24, 2.45) is 0 Å². The van der Waals surface area contributed by atoms with Gasteiger partial charge in [0.2, 0.25) is 6.10 Å². The average Bonchev–Trinajstić information content (AvgIpc) is 2.53. The van der Waals surface area contributed by atoms with Crippen molar-refractivity contribution in [2.75, 3.05) is 0 Å². The van der Waals surface area contributed by atoms with Crippen LogP contribution in [0.1, 0.15) is 97.3 Å². The number of hydrogen-bond acceptors (Lipinski definition) is 3. The highest BCUT2D eigenvalue weighted by Gasteiger charge is 2.16. The third-order valence-corrected chi connectivity index (χ3v) is 4.07. The zero-order valence-corrected chi connectivity index (χ0v) is 15.6. The Hall–Kier alpha value is -1.32. The first-order chi connectivity index (χ1) is 11.6. The van der Waals surface area contributed by atoms with Crippen molar-refractivity contribution in [3.63, 3.8) is 0 Å². The summed E-state index contributed by atoms with van der Waals surface area (Å²) in [5.74, 6) is -1.70. The molecule has 4 nitrogen and oxygen atoms in total. The van der Waals surface area contributed by atoms with Gasteiger partial charge in [-0.3, -0.25) is 4.79 Å². The number of carboxylic acid groups (broad SMARTS) is 1. The van der Waals surface area contributed by atoms with Gasteiger partial charge >= 0.3 is 11.9 Å². The van der Waals surface area contributed by atoms with E-state index in [1.54, 1.807) is 6.08 Å². The fraction of sp³-hybridized carbons (Fsp3) is 0.800. The van der Waals surface area contributed by atoms with Crippen LogP contribution in [0.25, 0.3) is 0 Å². The summed E-state index contributed by atoms with van der Waals surface area (Å²) in [5, 5.41) is 8.90. The molecule has 1 atom stereocenters. The monoisotopic (exact) mass is 340 g/mol. The van der Waals surface area contributed by atoms with E-state index in [1.807, 2.05) is 0 Å².